The average molecular weight is 289 g/mol. The minimum Gasteiger partial charge on any atom is -0.497 e. The largest absolute Gasteiger partial charge is 0.497 e. The molecule has 2 rings (SSSR count). The third kappa shape index (κ3) is 2.81. The first-order valence-electron chi connectivity index (χ1n) is 5.05. The van der Waals surface area contributed by atoms with Crippen LogP contribution >= 0.6 is 11.8 Å². The number of methoxy groups -OCH3 is 1. The maximum atomic E-state index is 13.4. The minimum absolute atomic E-state index is 0.406. The van der Waals surface area contributed by atoms with Gasteiger partial charge in [0.05, 0.1) is 12.0 Å². The fourth-order valence-electron chi connectivity index (χ4n) is 1.32. The van der Waals surface area contributed by atoms with Crippen LogP contribution in [0.4, 0.5) is 17.6 Å². The zero-order valence-corrected chi connectivity index (χ0v) is 10.4. The van der Waals surface area contributed by atoms with E-state index in [2.05, 4.69) is 4.98 Å². The molecule has 0 saturated carbocycles. The summed E-state index contributed by atoms with van der Waals surface area (Å²) < 4.78 is 57.5. The van der Waals surface area contributed by atoms with Gasteiger partial charge in [0, 0.05) is 4.90 Å². The molecule has 19 heavy (non-hydrogen) atoms. The second-order valence-corrected chi connectivity index (χ2v) is 4.51. The van der Waals surface area contributed by atoms with E-state index in [9.17, 15) is 17.6 Å². The van der Waals surface area contributed by atoms with Crippen LogP contribution in [0, 0.1) is 23.5 Å². The molecule has 0 aliphatic heterocycles. The summed E-state index contributed by atoms with van der Waals surface area (Å²) in [7, 11) is 1.47. The van der Waals surface area contributed by atoms with Crippen molar-refractivity contribution in [2.75, 3.05) is 7.11 Å². The Kier molecular flexibility index (Phi) is 3.94. The van der Waals surface area contributed by atoms with Crippen molar-refractivity contribution in [3.63, 3.8) is 0 Å². The number of benzene rings is 1. The highest BCUT2D eigenvalue weighted by Crippen LogP contribution is 2.34. The van der Waals surface area contributed by atoms with Crippen LogP contribution in [0.25, 0.3) is 0 Å². The molecule has 1 heterocycles. The van der Waals surface area contributed by atoms with Gasteiger partial charge in [-0.1, -0.05) is 11.8 Å². The van der Waals surface area contributed by atoms with E-state index in [4.69, 9.17) is 4.74 Å². The van der Waals surface area contributed by atoms with Crippen LogP contribution in [-0.2, 0) is 0 Å². The van der Waals surface area contributed by atoms with Crippen LogP contribution in [0.1, 0.15) is 0 Å². The van der Waals surface area contributed by atoms with E-state index in [-0.39, 0.29) is 0 Å². The second-order valence-electron chi connectivity index (χ2n) is 3.43. The Labute approximate surface area is 110 Å². The zero-order valence-electron chi connectivity index (χ0n) is 9.58. The van der Waals surface area contributed by atoms with Gasteiger partial charge in [-0.3, -0.25) is 0 Å². The van der Waals surface area contributed by atoms with Crippen molar-refractivity contribution in [1.29, 1.82) is 0 Å². The highest BCUT2D eigenvalue weighted by Gasteiger charge is 2.21. The molecule has 0 radical (unpaired) electrons. The first kappa shape index (κ1) is 13.7. The normalized spacial score (nSPS) is 10.6. The molecule has 7 heteroatoms. The SMILES string of the molecule is COc1ccc(Sc2c(F)c(F)nc(F)c2F)cc1. The van der Waals surface area contributed by atoms with Crippen LogP contribution in [0.2, 0.25) is 0 Å². The molecule has 0 atom stereocenters. The predicted molar refractivity (Wildman–Crippen MR) is 61.2 cm³/mol. The summed E-state index contributed by atoms with van der Waals surface area (Å²) >= 11 is 0.563. The quantitative estimate of drug-likeness (QED) is 0.634. The minimum atomic E-state index is -1.67. The van der Waals surface area contributed by atoms with E-state index in [0.29, 0.717) is 22.4 Å². The van der Waals surface area contributed by atoms with Crippen molar-refractivity contribution in [2.45, 2.75) is 9.79 Å². The Morgan fingerprint density at radius 2 is 1.47 bits per heavy atom. The maximum Gasteiger partial charge on any atom is 0.252 e. The van der Waals surface area contributed by atoms with Gasteiger partial charge in [0.25, 0.3) is 11.9 Å². The molecule has 0 spiro atoms. The zero-order chi connectivity index (χ0) is 14.0. The van der Waals surface area contributed by atoms with Crippen LogP contribution in [-0.4, -0.2) is 12.1 Å². The summed E-state index contributed by atoms with van der Waals surface area (Å²) in [5.41, 5.74) is 0. The number of rotatable bonds is 3. The molecule has 0 bridgehead atoms. The first-order chi connectivity index (χ1) is 9.02. The van der Waals surface area contributed by atoms with Gasteiger partial charge in [-0.2, -0.15) is 13.8 Å². The molecule has 2 aromatic rings. The van der Waals surface area contributed by atoms with Crippen molar-refractivity contribution in [3.05, 3.63) is 47.8 Å². The summed E-state index contributed by atoms with van der Waals surface area (Å²) in [6.45, 7) is 0. The monoisotopic (exact) mass is 289 g/mol. The molecule has 2 nitrogen and oxygen atoms in total. The highest BCUT2D eigenvalue weighted by atomic mass is 32.2. The van der Waals surface area contributed by atoms with Gasteiger partial charge in [0.15, 0.2) is 11.6 Å². The van der Waals surface area contributed by atoms with Crippen LogP contribution < -0.4 is 4.74 Å². The Bertz CT molecular complexity index is 577. The van der Waals surface area contributed by atoms with E-state index < -0.39 is 28.4 Å². The highest BCUT2D eigenvalue weighted by molar-refractivity contribution is 7.99. The number of ether oxygens (including phenoxy) is 1. The maximum absolute atomic E-state index is 13.4. The number of nitrogens with zero attached hydrogens (tertiary/aromatic N) is 1. The van der Waals surface area contributed by atoms with E-state index in [0.717, 1.165) is 0 Å². The Morgan fingerprint density at radius 1 is 0.947 bits per heavy atom. The molecular weight excluding hydrogens is 282 g/mol. The molecule has 0 saturated heterocycles. The molecule has 0 N–H and O–H groups in total. The molecule has 1 aromatic heterocycles. The van der Waals surface area contributed by atoms with Crippen molar-refractivity contribution >= 4 is 11.8 Å². The fraction of sp³-hybridized carbons (Fsp3) is 0.0833. The number of aromatic nitrogens is 1. The third-order valence-corrected chi connectivity index (χ3v) is 3.31. The van der Waals surface area contributed by atoms with Gasteiger partial charge < -0.3 is 4.74 Å². The lowest BCUT2D eigenvalue weighted by Crippen LogP contribution is -2.01. The molecule has 0 aliphatic carbocycles. The average Bonchev–Trinajstić information content (AvgIpc) is 2.42. The molecule has 0 fully saturated rings. The summed E-state index contributed by atoms with van der Waals surface area (Å²) in [5, 5.41) is 0. The van der Waals surface area contributed by atoms with Gasteiger partial charge in [-0.05, 0) is 24.3 Å². The van der Waals surface area contributed by atoms with Gasteiger partial charge in [0.1, 0.15) is 5.75 Å². The first-order valence-corrected chi connectivity index (χ1v) is 5.86. The van der Waals surface area contributed by atoms with Crippen LogP contribution in [0.5, 0.6) is 5.75 Å². The lowest BCUT2D eigenvalue weighted by molar-refractivity contribution is 0.383. The lowest BCUT2D eigenvalue weighted by atomic mass is 10.3. The number of pyridine rings is 1. The summed E-state index contributed by atoms with van der Waals surface area (Å²) in [5.74, 6) is -5.82. The van der Waals surface area contributed by atoms with Gasteiger partial charge in [0.2, 0.25) is 0 Å². The van der Waals surface area contributed by atoms with Crippen molar-refractivity contribution < 1.29 is 22.3 Å². The fourth-order valence-corrected chi connectivity index (χ4v) is 2.17. The second kappa shape index (κ2) is 5.48. The molecular formula is C12H7F4NOS. The summed E-state index contributed by atoms with van der Waals surface area (Å²) in [4.78, 5) is 2.12. The van der Waals surface area contributed by atoms with Crippen molar-refractivity contribution in [2.24, 2.45) is 0 Å². The van der Waals surface area contributed by atoms with Crippen molar-refractivity contribution in [3.8, 4) is 5.75 Å². The van der Waals surface area contributed by atoms with Gasteiger partial charge >= 0.3 is 0 Å². The Hall–Kier alpha value is -1.76. The van der Waals surface area contributed by atoms with Crippen LogP contribution in [0.15, 0.2) is 34.1 Å². The van der Waals surface area contributed by atoms with Gasteiger partial charge in [-0.15, -0.1) is 0 Å². The number of hydrogen-bond acceptors (Lipinski definition) is 3. The van der Waals surface area contributed by atoms with Crippen LogP contribution in [0.3, 0.4) is 0 Å². The lowest BCUT2D eigenvalue weighted by Gasteiger charge is -2.06. The third-order valence-electron chi connectivity index (χ3n) is 2.24. The Morgan fingerprint density at radius 3 is 1.95 bits per heavy atom. The molecule has 0 unspecified atom stereocenters. The molecule has 0 amide bonds. The molecule has 100 valence electrons. The van der Waals surface area contributed by atoms with E-state index in [1.807, 2.05) is 0 Å². The molecule has 1 aromatic carbocycles. The number of hydrogen-bond donors (Lipinski definition) is 0. The van der Waals surface area contributed by atoms with E-state index >= 15 is 0 Å². The topological polar surface area (TPSA) is 22.1 Å². The smallest absolute Gasteiger partial charge is 0.252 e. The molecule has 0 aliphatic rings. The standard InChI is InChI=1S/C12H7F4NOS/c1-18-6-2-4-7(5-3-6)19-10-8(13)11(15)17-12(16)9(10)14/h2-5H,1H3. The summed E-state index contributed by atoms with van der Waals surface area (Å²) in [6, 6.07) is 6.15. The number of halogens is 4. The van der Waals surface area contributed by atoms with E-state index in [1.165, 1.54) is 19.2 Å². The summed E-state index contributed by atoms with van der Waals surface area (Å²) in [6.07, 6.45) is 0. The van der Waals surface area contributed by atoms with Crippen molar-refractivity contribution in [1.82, 2.24) is 4.98 Å². The van der Waals surface area contributed by atoms with Gasteiger partial charge in [-0.25, -0.2) is 8.78 Å². The predicted octanol–water partition coefficient (Wildman–Crippen LogP) is 3.80. The van der Waals surface area contributed by atoms with E-state index in [1.54, 1.807) is 12.1 Å². The Balaban J connectivity index is 2.37.